The molecule has 0 aliphatic carbocycles. The number of nitrogens with one attached hydrogen (secondary N) is 1. The van der Waals surface area contributed by atoms with Crippen LogP contribution in [0.3, 0.4) is 0 Å². The van der Waals surface area contributed by atoms with Gasteiger partial charge < -0.3 is 14.8 Å². The second-order valence-electron chi connectivity index (χ2n) is 5.91. The van der Waals surface area contributed by atoms with Gasteiger partial charge in [0, 0.05) is 13.1 Å². The number of nitrogens with zero attached hydrogens (tertiary/aromatic N) is 3. The van der Waals surface area contributed by atoms with Crippen molar-refractivity contribution in [3.8, 4) is 0 Å². The molecule has 2 aromatic carbocycles. The van der Waals surface area contributed by atoms with Crippen molar-refractivity contribution in [2.75, 3.05) is 16.5 Å². The predicted molar refractivity (Wildman–Crippen MR) is 95.0 cm³/mol. The van der Waals surface area contributed by atoms with E-state index < -0.39 is 0 Å². The lowest BCUT2D eigenvalue weighted by Crippen LogP contribution is -2.31. The van der Waals surface area contributed by atoms with Gasteiger partial charge in [0.05, 0.1) is 13.0 Å². The van der Waals surface area contributed by atoms with Crippen LogP contribution >= 0.6 is 0 Å². The third kappa shape index (κ3) is 2.76. The first kappa shape index (κ1) is 14.5. The van der Waals surface area contributed by atoms with Crippen molar-refractivity contribution in [2.24, 2.45) is 0 Å². The van der Waals surface area contributed by atoms with Crippen LogP contribution in [-0.2, 0) is 13.1 Å². The molecule has 0 fully saturated rings. The Morgan fingerprint density at radius 2 is 1.46 bits per heavy atom. The second kappa shape index (κ2) is 6.20. The summed E-state index contributed by atoms with van der Waals surface area (Å²) in [6.45, 7) is 2.07. The molecule has 5 heteroatoms. The highest BCUT2D eigenvalue weighted by Gasteiger charge is 2.29. The Hall–Kier alpha value is -3.08. The highest BCUT2D eigenvalue weighted by atomic mass is 16.1. The zero-order chi connectivity index (χ0) is 16.4. The minimum Gasteiger partial charge on any atom is -0.342 e. The quantitative estimate of drug-likeness (QED) is 0.804. The molecule has 2 heterocycles. The van der Waals surface area contributed by atoms with Gasteiger partial charge in [-0.1, -0.05) is 60.7 Å². The van der Waals surface area contributed by atoms with E-state index in [1.54, 1.807) is 0 Å². The number of H-pyrrole nitrogens is 1. The molecular weight excluding hydrogens is 300 g/mol. The third-order valence-corrected chi connectivity index (χ3v) is 4.20. The van der Waals surface area contributed by atoms with Crippen LogP contribution in [0.2, 0.25) is 0 Å². The van der Waals surface area contributed by atoms with E-state index in [1.165, 1.54) is 17.5 Å². The number of fused-ring (bicyclic) bond motifs is 1. The summed E-state index contributed by atoms with van der Waals surface area (Å²) in [5, 5.41) is 0. The van der Waals surface area contributed by atoms with Gasteiger partial charge in [-0.05, 0) is 11.1 Å². The van der Waals surface area contributed by atoms with Gasteiger partial charge in [-0.15, -0.1) is 0 Å². The zero-order valence-corrected chi connectivity index (χ0v) is 13.2. The summed E-state index contributed by atoms with van der Waals surface area (Å²) in [7, 11) is 0. The lowest BCUT2D eigenvalue weighted by atomic mass is 10.2. The fourth-order valence-corrected chi connectivity index (χ4v) is 3.10. The standard InChI is InChI=1S/C19H18N4O/c24-19-17-18(20-13-21-19)23(12-16-9-5-2-6-10-16)14-22(17)11-15-7-3-1-4-8-15/h1-10,13H,11-12,14H2,(H,20,21,24). The fourth-order valence-electron chi connectivity index (χ4n) is 3.10. The maximum Gasteiger partial charge on any atom is 0.276 e. The van der Waals surface area contributed by atoms with Crippen LogP contribution in [0, 0.1) is 0 Å². The summed E-state index contributed by atoms with van der Waals surface area (Å²) in [5.41, 5.74) is 2.93. The Kier molecular flexibility index (Phi) is 3.75. The van der Waals surface area contributed by atoms with Gasteiger partial charge in [0.25, 0.3) is 5.56 Å². The molecule has 5 nitrogen and oxygen atoms in total. The van der Waals surface area contributed by atoms with Gasteiger partial charge in [-0.3, -0.25) is 4.79 Å². The minimum atomic E-state index is -0.0912. The van der Waals surface area contributed by atoms with Gasteiger partial charge in [0.1, 0.15) is 5.69 Å². The number of hydrogen-bond acceptors (Lipinski definition) is 4. The van der Waals surface area contributed by atoms with Crippen LogP contribution in [0.4, 0.5) is 11.5 Å². The van der Waals surface area contributed by atoms with Crippen molar-refractivity contribution >= 4 is 11.5 Å². The molecule has 0 amide bonds. The number of hydrogen-bond donors (Lipinski definition) is 1. The van der Waals surface area contributed by atoms with E-state index in [9.17, 15) is 4.79 Å². The van der Waals surface area contributed by atoms with Crippen LogP contribution in [-0.4, -0.2) is 16.6 Å². The Morgan fingerprint density at radius 1 is 0.875 bits per heavy atom. The smallest absolute Gasteiger partial charge is 0.276 e. The van der Waals surface area contributed by atoms with E-state index in [0.717, 1.165) is 12.4 Å². The molecule has 1 N–H and O–H groups in total. The summed E-state index contributed by atoms with van der Waals surface area (Å²) in [6.07, 6.45) is 1.48. The van der Waals surface area contributed by atoms with Gasteiger partial charge in [-0.25, -0.2) is 4.98 Å². The molecule has 4 rings (SSSR count). The highest BCUT2D eigenvalue weighted by Crippen LogP contribution is 2.32. The average Bonchev–Trinajstić information content (AvgIpc) is 2.95. The molecule has 1 aromatic heterocycles. The molecule has 24 heavy (non-hydrogen) atoms. The van der Waals surface area contributed by atoms with Gasteiger partial charge in [-0.2, -0.15) is 0 Å². The molecular formula is C19H18N4O. The first-order valence-corrected chi connectivity index (χ1v) is 7.97. The Bertz CT molecular complexity index is 877. The van der Waals surface area contributed by atoms with Crippen molar-refractivity contribution in [2.45, 2.75) is 13.1 Å². The number of benzene rings is 2. The first-order valence-electron chi connectivity index (χ1n) is 7.97. The summed E-state index contributed by atoms with van der Waals surface area (Å²) in [4.78, 5) is 23.7. The summed E-state index contributed by atoms with van der Waals surface area (Å²) >= 11 is 0. The SMILES string of the molecule is O=c1[nH]cnc2c1N(Cc1ccccc1)CN2Cc1ccccc1. The van der Waals surface area contributed by atoms with E-state index in [0.29, 0.717) is 18.9 Å². The topological polar surface area (TPSA) is 52.2 Å². The third-order valence-electron chi connectivity index (χ3n) is 4.20. The fraction of sp³-hybridized carbons (Fsp3) is 0.158. The largest absolute Gasteiger partial charge is 0.342 e. The van der Waals surface area contributed by atoms with Crippen LogP contribution < -0.4 is 15.4 Å². The molecule has 0 bridgehead atoms. The molecule has 120 valence electrons. The van der Waals surface area contributed by atoms with Gasteiger partial charge >= 0.3 is 0 Å². The Balaban J connectivity index is 1.65. The van der Waals surface area contributed by atoms with Crippen LogP contribution in [0.1, 0.15) is 11.1 Å². The van der Waals surface area contributed by atoms with E-state index in [1.807, 2.05) is 36.4 Å². The monoisotopic (exact) mass is 318 g/mol. The summed E-state index contributed by atoms with van der Waals surface area (Å²) in [6, 6.07) is 20.4. The molecule has 0 radical (unpaired) electrons. The van der Waals surface area contributed by atoms with Gasteiger partial charge in [0.15, 0.2) is 5.82 Å². The first-order chi connectivity index (χ1) is 11.8. The van der Waals surface area contributed by atoms with Crippen molar-refractivity contribution < 1.29 is 0 Å². The molecule has 0 atom stereocenters. The van der Waals surface area contributed by atoms with E-state index in [-0.39, 0.29) is 5.56 Å². The predicted octanol–water partition coefficient (Wildman–Crippen LogP) is 2.75. The van der Waals surface area contributed by atoms with Crippen molar-refractivity contribution in [3.63, 3.8) is 0 Å². The normalized spacial score (nSPS) is 13.2. The molecule has 0 saturated heterocycles. The lowest BCUT2D eigenvalue weighted by Gasteiger charge is -2.21. The number of rotatable bonds is 4. The molecule has 1 aliphatic rings. The molecule has 0 unspecified atom stereocenters. The van der Waals surface area contributed by atoms with Crippen molar-refractivity contribution in [1.29, 1.82) is 0 Å². The number of anilines is 2. The summed E-state index contributed by atoms with van der Waals surface area (Å²) in [5.74, 6) is 0.749. The maximum atomic E-state index is 12.3. The van der Waals surface area contributed by atoms with Crippen molar-refractivity contribution in [3.05, 3.63) is 88.5 Å². The van der Waals surface area contributed by atoms with E-state index >= 15 is 0 Å². The molecule has 3 aromatic rings. The van der Waals surface area contributed by atoms with Crippen LogP contribution in [0.5, 0.6) is 0 Å². The summed E-state index contributed by atoms with van der Waals surface area (Å²) < 4.78 is 0. The molecule has 0 saturated carbocycles. The van der Waals surface area contributed by atoms with Crippen LogP contribution in [0.25, 0.3) is 0 Å². The highest BCUT2D eigenvalue weighted by molar-refractivity contribution is 5.71. The molecule has 0 spiro atoms. The number of aromatic amines is 1. The van der Waals surface area contributed by atoms with E-state index in [2.05, 4.69) is 44.0 Å². The lowest BCUT2D eigenvalue weighted by molar-refractivity contribution is 0.758. The maximum absolute atomic E-state index is 12.3. The van der Waals surface area contributed by atoms with E-state index in [4.69, 9.17) is 0 Å². The second-order valence-corrected chi connectivity index (χ2v) is 5.91. The Morgan fingerprint density at radius 3 is 2.08 bits per heavy atom. The molecule has 1 aliphatic heterocycles. The minimum absolute atomic E-state index is 0.0912. The number of aromatic nitrogens is 2. The average molecular weight is 318 g/mol. The van der Waals surface area contributed by atoms with Crippen LogP contribution in [0.15, 0.2) is 71.8 Å². The Labute approximate surface area is 140 Å². The van der Waals surface area contributed by atoms with Gasteiger partial charge in [0.2, 0.25) is 0 Å². The zero-order valence-electron chi connectivity index (χ0n) is 13.2. The van der Waals surface area contributed by atoms with Crippen molar-refractivity contribution in [1.82, 2.24) is 9.97 Å².